The highest BCUT2D eigenvalue weighted by atomic mass is 16.8. The third-order valence-electron chi connectivity index (χ3n) is 7.49. The molecule has 49 heavy (non-hydrogen) atoms. The molecule has 2 saturated heterocycles. The first-order valence-electron chi connectivity index (χ1n) is 15.5. The summed E-state index contributed by atoms with van der Waals surface area (Å²) >= 11 is 0. The molecule has 264 valence electrons. The Morgan fingerprint density at radius 2 is 1.22 bits per heavy atom. The first kappa shape index (κ1) is 37.1. The number of aliphatic hydroxyl groups excluding tert-OH is 1. The number of benzene rings is 2. The standard InChI is InChI=1S/C34H38O15/c1-18(35)15-16-25(38)46-30-27(45-21(4)37)24(44-20(3)36)17-42-34(30)49-28-26(47-31(39)22-11-7-5-8-12-22)19(2)43-33(41)29(28)48-32(40)23-13-9-6-10-14-23/h5-14,19,24,26-30,33-34,41H,15-17H2,1-4H3/t19-,24-,26-,27+,28+,29-,30-,33+,34+/m1/s1. The van der Waals surface area contributed by atoms with Gasteiger partial charge in [-0.3, -0.25) is 14.4 Å². The minimum Gasteiger partial charge on any atom is -0.456 e. The van der Waals surface area contributed by atoms with E-state index in [1.165, 1.54) is 38.1 Å². The van der Waals surface area contributed by atoms with Crippen molar-refractivity contribution < 1.29 is 71.8 Å². The molecule has 0 radical (unpaired) electrons. The molecule has 2 heterocycles. The van der Waals surface area contributed by atoms with Crippen LogP contribution in [0.5, 0.6) is 0 Å². The summed E-state index contributed by atoms with van der Waals surface area (Å²) in [4.78, 5) is 75.0. The highest BCUT2D eigenvalue weighted by Crippen LogP contribution is 2.33. The van der Waals surface area contributed by atoms with E-state index >= 15 is 0 Å². The van der Waals surface area contributed by atoms with Crippen molar-refractivity contribution in [1.82, 2.24) is 0 Å². The van der Waals surface area contributed by atoms with E-state index in [1.807, 2.05) is 0 Å². The van der Waals surface area contributed by atoms with Crippen LogP contribution >= 0.6 is 0 Å². The Labute approximate surface area is 281 Å². The van der Waals surface area contributed by atoms with Crippen molar-refractivity contribution in [2.45, 2.75) is 95.8 Å². The summed E-state index contributed by atoms with van der Waals surface area (Å²) < 4.78 is 45.6. The molecule has 4 rings (SSSR count). The number of esters is 5. The zero-order valence-corrected chi connectivity index (χ0v) is 27.3. The number of carbonyl (C=O) groups is 6. The maximum Gasteiger partial charge on any atom is 0.338 e. The number of ether oxygens (including phenoxy) is 8. The van der Waals surface area contributed by atoms with Crippen molar-refractivity contribution in [2.24, 2.45) is 0 Å². The van der Waals surface area contributed by atoms with E-state index in [4.69, 9.17) is 37.9 Å². The quantitative estimate of drug-likeness (QED) is 0.251. The van der Waals surface area contributed by atoms with Crippen LogP contribution in [0.2, 0.25) is 0 Å². The number of ketones is 1. The molecule has 2 fully saturated rings. The Hall–Kier alpha value is -4.70. The van der Waals surface area contributed by atoms with E-state index in [0.29, 0.717) is 0 Å². The second kappa shape index (κ2) is 17.1. The maximum atomic E-state index is 13.2. The Morgan fingerprint density at radius 3 is 1.76 bits per heavy atom. The summed E-state index contributed by atoms with van der Waals surface area (Å²) in [5.74, 6) is -4.47. The maximum absolute atomic E-state index is 13.2. The van der Waals surface area contributed by atoms with Gasteiger partial charge < -0.3 is 47.8 Å². The molecule has 2 aromatic carbocycles. The second-order valence-electron chi connectivity index (χ2n) is 11.4. The SMILES string of the molecule is CC(=O)CCC(=O)O[C@H]1[C@H](O[C@@H]2[C@@H](OC(=O)c3ccccc3)[C@@H](O)O[C@H](C)[C@H]2OC(=O)c2ccccc2)OC[C@@H](OC(C)=O)[C@@H]1OC(C)=O. The smallest absolute Gasteiger partial charge is 0.338 e. The van der Waals surface area contributed by atoms with Gasteiger partial charge in [-0.05, 0) is 38.1 Å². The fourth-order valence-electron chi connectivity index (χ4n) is 5.24. The summed E-state index contributed by atoms with van der Waals surface area (Å²) in [6, 6.07) is 15.8. The molecule has 0 amide bonds. The predicted molar refractivity (Wildman–Crippen MR) is 163 cm³/mol. The first-order valence-corrected chi connectivity index (χ1v) is 15.5. The molecule has 1 N–H and O–H groups in total. The Balaban J connectivity index is 1.72. The molecule has 2 aliphatic heterocycles. The van der Waals surface area contributed by atoms with E-state index in [2.05, 4.69) is 0 Å². The molecule has 15 nitrogen and oxygen atoms in total. The van der Waals surface area contributed by atoms with Crippen molar-refractivity contribution >= 4 is 35.6 Å². The third-order valence-corrected chi connectivity index (χ3v) is 7.49. The highest BCUT2D eigenvalue weighted by molar-refractivity contribution is 5.90. The fourth-order valence-corrected chi connectivity index (χ4v) is 5.24. The number of carbonyl (C=O) groups excluding carboxylic acids is 6. The van der Waals surface area contributed by atoms with Gasteiger partial charge in [0.15, 0.2) is 43.1 Å². The summed E-state index contributed by atoms with van der Waals surface area (Å²) in [6.45, 7) is 4.54. The largest absolute Gasteiger partial charge is 0.456 e. The van der Waals surface area contributed by atoms with Crippen molar-refractivity contribution in [1.29, 1.82) is 0 Å². The zero-order valence-electron chi connectivity index (χ0n) is 27.3. The minimum absolute atomic E-state index is 0.121. The van der Waals surface area contributed by atoms with Gasteiger partial charge in [0.05, 0.1) is 30.3 Å². The fraction of sp³-hybridized carbons (Fsp3) is 0.471. The van der Waals surface area contributed by atoms with Crippen molar-refractivity contribution in [3.05, 3.63) is 71.8 Å². The van der Waals surface area contributed by atoms with Crippen LogP contribution in [0.4, 0.5) is 0 Å². The van der Waals surface area contributed by atoms with Gasteiger partial charge in [-0.25, -0.2) is 9.59 Å². The van der Waals surface area contributed by atoms with Crippen molar-refractivity contribution in [3.8, 4) is 0 Å². The number of hydrogen-bond acceptors (Lipinski definition) is 15. The molecular formula is C34H38O15. The lowest BCUT2D eigenvalue weighted by molar-refractivity contribution is -0.339. The van der Waals surface area contributed by atoms with Crippen LogP contribution in [0.15, 0.2) is 60.7 Å². The molecule has 0 bridgehead atoms. The molecule has 0 spiro atoms. The van der Waals surface area contributed by atoms with Crippen LogP contribution in [-0.4, -0.2) is 103 Å². The van der Waals surface area contributed by atoms with Gasteiger partial charge in [0.1, 0.15) is 11.9 Å². The van der Waals surface area contributed by atoms with Crippen LogP contribution in [0.3, 0.4) is 0 Å². The molecule has 2 aromatic rings. The Bertz CT molecular complexity index is 1410. The van der Waals surface area contributed by atoms with Gasteiger partial charge in [-0.1, -0.05) is 36.4 Å². The van der Waals surface area contributed by atoms with Gasteiger partial charge in [-0.2, -0.15) is 0 Å². The monoisotopic (exact) mass is 686 g/mol. The second-order valence-corrected chi connectivity index (χ2v) is 11.4. The average molecular weight is 687 g/mol. The van der Waals surface area contributed by atoms with Crippen molar-refractivity contribution in [2.75, 3.05) is 6.61 Å². The number of aliphatic hydroxyl groups is 1. The molecule has 0 aromatic heterocycles. The van der Waals surface area contributed by atoms with E-state index in [9.17, 15) is 33.9 Å². The van der Waals surface area contributed by atoms with E-state index in [-0.39, 0.29) is 29.8 Å². The third kappa shape index (κ3) is 10.2. The van der Waals surface area contributed by atoms with Crippen LogP contribution in [0.1, 0.15) is 61.3 Å². The van der Waals surface area contributed by atoms with E-state index in [1.54, 1.807) is 36.4 Å². The molecule has 0 saturated carbocycles. The molecule has 0 unspecified atom stereocenters. The highest BCUT2D eigenvalue weighted by Gasteiger charge is 2.54. The van der Waals surface area contributed by atoms with Crippen LogP contribution in [0.25, 0.3) is 0 Å². The molecule has 9 atom stereocenters. The predicted octanol–water partition coefficient (Wildman–Crippen LogP) is 2.06. The minimum atomic E-state index is -1.81. The molecule has 2 aliphatic rings. The Morgan fingerprint density at radius 1 is 0.673 bits per heavy atom. The van der Waals surface area contributed by atoms with E-state index in [0.717, 1.165) is 13.8 Å². The average Bonchev–Trinajstić information content (AvgIpc) is 3.06. The molecular weight excluding hydrogens is 648 g/mol. The summed E-state index contributed by atoms with van der Waals surface area (Å²) in [7, 11) is 0. The van der Waals surface area contributed by atoms with Gasteiger partial charge in [-0.15, -0.1) is 0 Å². The molecule has 0 aliphatic carbocycles. The van der Waals surface area contributed by atoms with Crippen LogP contribution in [0, 0.1) is 0 Å². The summed E-state index contributed by atoms with van der Waals surface area (Å²) in [5, 5.41) is 11.0. The number of Topliss-reactive ketones (excluding diaryl/α,β-unsaturated/α-hetero) is 1. The van der Waals surface area contributed by atoms with Gasteiger partial charge in [0, 0.05) is 20.3 Å². The van der Waals surface area contributed by atoms with Crippen LogP contribution in [-0.2, 0) is 57.1 Å². The Kier molecular flexibility index (Phi) is 13.0. The number of rotatable bonds is 12. The lowest BCUT2D eigenvalue weighted by Crippen LogP contribution is -2.64. The zero-order chi connectivity index (χ0) is 35.7. The van der Waals surface area contributed by atoms with Gasteiger partial charge in [0.2, 0.25) is 0 Å². The lowest BCUT2D eigenvalue weighted by Gasteiger charge is -2.46. The molecule has 15 heteroatoms. The topological polar surface area (TPSA) is 196 Å². The van der Waals surface area contributed by atoms with E-state index < -0.39 is 91.8 Å². The summed E-state index contributed by atoms with van der Waals surface area (Å²) in [6.07, 6.45) is -14.0. The van der Waals surface area contributed by atoms with Gasteiger partial charge >= 0.3 is 29.8 Å². The van der Waals surface area contributed by atoms with Crippen molar-refractivity contribution in [3.63, 3.8) is 0 Å². The lowest BCUT2D eigenvalue weighted by atomic mass is 9.97. The first-order chi connectivity index (χ1) is 23.3. The van der Waals surface area contributed by atoms with Gasteiger partial charge in [0.25, 0.3) is 0 Å². The normalized spacial score (nSPS) is 28.0. The van der Waals surface area contributed by atoms with Crippen LogP contribution < -0.4 is 0 Å². The summed E-state index contributed by atoms with van der Waals surface area (Å²) in [5.41, 5.74) is 0.290. The number of hydrogen-bond donors (Lipinski definition) is 1.